The van der Waals surface area contributed by atoms with Gasteiger partial charge in [-0.25, -0.2) is 4.98 Å². The van der Waals surface area contributed by atoms with Gasteiger partial charge in [-0.1, -0.05) is 0 Å². The minimum absolute atomic E-state index is 0.0577. The van der Waals surface area contributed by atoms with Crippen LogP contribution in [-0.4, -0.2) is 29.0 Å². The molecule has 0 unspecified atom stereocenters. The van der Waals surface area contributed by atoms with Crippen molar-refractivity contribution in [3.63, 3.8) is 0 Å². The van der Waals surface area contributed by atoms with Crippen molar-refractivity contribution in [2.45, 2.75) is 18.9 Å². The van der Waals surface area contributed by atoms with Crippen LogP contribution in [0.1, 0.15) is 18.4 Å². The smallest absolute Gasteiger partial charge is 0.289 e. The van der Waals surface area contributed by atoms with Crippen LogP contribution in [0.15, 0.2) is 12.3 Å². The van der Waals surface area contributed by atoms with Gasteiger partial charge in [-0.05, 0) is 12.8 Å². The van der Waals surface area contributed by atoms with Gasteiger partial charge in [0.15, 0.2) is 0 Å². The van der Waals surface area contributed by atoms with Crippen LogP contribution >= 0.6 is 0 Å². The first kappa shape index (κ1) is 12.3. The summed E-state index contributed by atoms with van der Waals surface area (Å²) in [5.74, 6) is 0.484. The van der Waals surface area contributed by atoms with Crippen molar-refractivity contribution in [2.24, 2.45) is 5.73 Å². The molecule has 0 spiro atoms. The van der Waals surface area contributed by atoms with E-state index >= 15 is 0 Å². The molecule has 1 aliphatic rings. The van der Waals surface area contributed by atoms with Crippen molar-refractivity contribution >= 4 is 11.5 Å². The first-order valence-corrected chi connectivity index (χ1v) is 5.67. The third-order valence-electron chi connectivity index (χ3n) is 2.94. The Balaban J connectivity index is 2.33. The second kappa shape index (κ2) is 4.98. The molecule has 0 bridgehead atoms. The molecular formula is C11H13N5O2. The largest absolute Gasteiger partial charge is 0.354 e. The third-order valence-corrected chi connectivity index (χ3v) is 2.94. The second-order valence-corrected chi connectivity index (χ2v) is 4.28. The maximum atomic E-state index is 10.6. The number of aromatic nitrogens is 1. The van der Waals surface area contributed by atoms with Gasteiger partial charge in [0.1, 0.15) is 23.6 Å². The molecule has 2 heterocycles. The first-order valence-electron chi connectivity index (χ1n) is 5.67. The molecular weight excluding hydrogens is 234 g/mol. The van der Waals surface area contributed by atoms with Crippen LogP contribution in [0.2, 0.25) is 0 Å². The summed E-state index contributed by atoms with van der Waals surface area (Å²) in [6, 6.07) is 3.26. The molecule has 1 saturated heterocycles. The third kappa shape index (κ3) is 2.38. The summed E-state index contributed by atoms with van der Waals surface area (Å²) in [5, 5.41) is 19.7. The van der Waals surface area contributed by atoms with Crippen molar-refractivity contribution < 1.29 is 4.92 Å². The van der Waals surface area contributed by atoms with Gasteiger partial charge < -0.3 is 10.6 Å². The summed E-state index contributed by atoms with van der Waals surface area (Å²) in [4.78, 5) is 16.0. The first-order chi connectivity index (χ1) is 8.61. The molecule has 18 heavy (non-hydrogen) atoms. The lowest BCUT2D eigenvalue weighted by Gasteiger charge is -2.31. The highest BCUT2D eigenvalue weighted by Gasteiger charge is 2.22. The van der Waals surface area contributed by atoms with Gasteiger partial charge >= 0.3 is 0 Å². The molecule has 7 nitrogen and oxygen atoms in total. The van der Waals surface area contributed by atoms with Crippen LogP contribution in [0.4, 0.5) is 11.5 Å². The Kier molecular flexibility index (Phi) is 3.39. The summed E-state index contributed by atoms with van der Waals surface area (Å²) in [5.41, 5.74) is 5.92. The van der Waals surface area contributed by atoms with Crippen LogP contribution in [0.25, 0.3) is 0 Å². The Hall–Kier alpha value is -2.20. The minimum Gasteiger partial charge on any atom is -0.354 e. The summed E-state index contributed by atoms with van der Waals surface area (Å²) < 4.78 is 0. The van der Waals surface area contributed by atoms with E-state index < -0.39 is 4.92 Å². The van der Waals surface area contributed by atoms with Gasteiger partial charge in [0.05, 0.1) is 4.92 Å². The number of piperidine rings is 1. The number of rotatable bonds is 2. The molecule has 1 atom stereocenters. The highest BCUT2D eigenvalue weighted by atomic mass is 16.6. The Morgan fingerprint density at radius 1 is 1.67 bits per heavy atom. The lowest BCUT2D eigenvalue weighted by Crippen LogP contribution is -2.43. The molecule has 0 saturated carbocycles. The summed E-state index contributed by atoms with van der Waals surface area (Å²) in [7, 11) is 0. The van der Waals surface area contributed by atoms with Crippen LogP contribution < -0.4 is 10.6 Å². The zero-order valence-corrected chi connectivity index (χ0v) is 9.74. The van der Waals surface area contributed by atoms with Gasteiger partial charge in [0.25, 0.3) is 5.69 Å². The average molecular weight is 247 g/mol. The summed E-state index contributed by atoms with van der Waals surface area (Å²) >= 11 is 0. The van der Waals surface area contributed by atoms with Gasteiger partial charge in [0.2, 0.25) is 0 Å². The van der Waals surface area contributed by atoms with Crippen molar-refractivity contribution in [2.75, 3.05) is 18.0 Å². The molecule has 2 N–H and O–H groups in total. The van der Waals surface area contributed by atoms with Crippen LogP contribution in [0.5, 0.6) is 0 Å². The number of hydrogen-bond acceptors (Lipinski definition) is 6. The van der Waals surface area contributed by atoms with Crippen molar-refractivity contribution in [3.05, 3.63) is 27.9 Å². The van der Waals surface area contributed by atoms with Gasteiger partial charge in [-0.2, -0.15) is 5.26 Å². The van der Waals surface area contributed by atoms with Crippen LogP contribution in [0, 0.1) is 21.4 Å². The topological polar surface area (TPSA) is 109 Å². The van der Waals surface area contributed by atoms with Crippen molar-refractivity contribution in [1.29, 1.82) is 5.26 Å². The fourth-order valence-electron chi connectivity index (χ4n) is 2.08. The van der Waals surface area contributed by atoms with E-state index in [0.29, 0.717) is 12.4 Å². The second-order valence-electron chi connectivity index (χ2n) is 4.28. The highest BCUT2D eigenvalue weighted by molar-refractivity contribution is 5.57. The molecule has 0 amide bonds. The van der Waals surface area contributed by atoms with E-state index in [-0.39, 0.29) is 17.3 Å². The Labute approximate surface area is 104 Å². The monoisotopic (exact) mass is 247 g/mol. The molecule has 0 aromatic carbocycles. The molecule has 2 rings (SSSR count). The van der Waals surface area contributed by atoms with E-state index in [1.54, 1.807) is 0 Å². The van der Waals surface area contributed by atoms with Gasteiger partial charge in [0, 0.05) is 25.2 Å². The van der Waals surface area contributed by atoms with E-state index in [1.165, 1.54) is 12.3 Å². The number of anilines is 1. The molecule has 1 aromatic rings. The van der Waals surface area contributed by atoms with Crippen LogP contribution in [0.3, 0.4) is 0 Å². The van der Waals surface area contributed by atoms with Crippen molar-refractivity contribution in [3.8, 4) is 6.07 Å². The lowest BCUT2D eigenvalue weighted by atomic mass is 10.1. The fourth-order valence-corrected chi connectivity index (χ4v) is 2.08. The van der Waals surface area contributed by atoms with E-state index in [1.807, 2.05) is 11.0 Å². The zero-order chi connectivity index (χ0) is 13.1. The standard InChI is InChI=1S/C11H13N5O2/c12-5-8-4-10(16(17)18)6-14-11(8)15-3-1-2-9(13)7-15/h4,6,9H,1-3,7,13H2/t9-/m1/s1. The summed E-state index contributed by atoms with van der Waals surface area (Å²) in [6.07, 6.45) is 3.06. The number of nitriles is 1. The number of nitrogens with zero attached hydrogens (tertiary/aromatic N) is 4. The number of nitrogens with two attached hydrogens (primary N) is 1. The average Bonchev–Trinajstić information content (AvgIpc) is 2.37. The predicted molar refractivity (Wildman–Crippen MR) is 65.0 cm³/mol. The Morgan fingerprint density at radius 3 is 3.06 bits per heavy atom. The number of pyridine rings is 1. The molecule has 1 aromatic heterocycles. The van der Waals surface area contributed by atoms with Gasteiger partial charge in [-0.3, -0.25) is 10.1 Å². The Bertz CT molecular complexity index is 511. The zero-order valence-electron chi connectivity index (χ0n) is 9.74. The van der Waals surface area contributed by atoms with Crippen molar-refractivity contribution in [1.82, 2.24) is 4.98 Å². The molecule has 0 aliphatic carbocycles. The molecule has 0 radical (unpaired) electrons. The SMILES string of the molecule is N#Cc1cc([N+](=O)[O-])cnc1N1CCC[C@@H](N)C1. The van der Waals surface area contributed by atoms with E-state index in [4.69, 9.17) is 11.0 Å². The van der Waals surface area contributed by atoms with E-state index in [2.05, 4.69) is 4.98 Å². The van der Waals surface area contributed by atoms with E-state index in [0.717, 1.165) is 19.4 Å². The maximum absolute atomic E-state index is 10.6. The highest BCUT2D eigenvalue weighted by Crippen LogP contribution is 2.24. The normalized spacial score (nSPS) is 19.3. The molecule has 94 valence electrons. The molecule has 1 fully saturated rings. The minimum atomic E-state index is -0.556. The van der Waals surface area contributed by atoms with Crippen LogP contribution in [-0.2, 0) is 0 Å². The molecule has 1 aliphatic heterocycles. The summed E-state index contributed by atoms with van der Waals surface area (Å²) in [6.45, 7) is 1.40. The van der Waals surface area contributed by atoms with E-state index in [9.17, 15) is 10.1 Å². The molecule has 7 heteroatoms. The maximum Gasteiger partial charge on any atom is 0.289 e. The fraction of sp³-hybridized carbons (Fsp3) is 0.455. The number of nitro groups is 1. The predicted octanol–water partition coefficient (Wildman–Crippen LogP) is 0.789. The lowest BCUT2D eigenvalue weighted by molar-refractivity contribution is -0.385. The number of hydrogen-bond donors (Lipinski definition) is 1. The van der Waals surface area contributed by atoms with Gasteiger partial charge in [-0.15, -0.1) is 0 Å². The Morgan fingerprint density at radius 2 is 2.44 bits per heavy atom. The quantitative estimate of drug-likeness (QED) is 0.611.